The summed E-state index contributed by atoms with van der Waals surface area (Å²) in [5, 5.41) is 5.51. The minimum absolute atomic E-state index is 0.820. The minimum Gasteiger partial charge on any atom is -0.356 e. The van der Waals surface area contributed by atoms with Gasteiger partial charge in [-0.1, -0.05) is 29.8 Å². The van der Waals surface area contributed by atoms with Gasteiger partial charge in [0, 0.05) is 23.1 Å². The van der Waals surface area contributed by atoms with E-state index in [1.807, 2.05) is 12.1 Å². The van der Waals surface area contributed by atoms with Gasteiger partial charge in [-0.2, -0.15) is 0 Å². The van der Waals surface area contributed by atoms with Crippen LogP contribution in [0.4, 0.5) is 0 Å². The Morgan fingerprint density at radius 1 is 1.29 bits per heavy atom. The van der Waals surface area contributed by atoms with Crippen LogP contribution in [0.2, 0.25) is 5.02 Å². The smallest absolute Gasteiger partial charge is 0.0705 e. The Bertz CT molecular complexity index is 585. The van der Waals surface area contributed by atoms with Crippen molar-refractivity contribution in [2.24, 2.45) is 5.92 Å². The van der Waals surface area contributed by atoms with Crippen molar-refractivity contribution in [1.29, 1.82) is 0 Å². The van der Waals surface area contributed by atoms with Crippen molar-refractivity contribution in [3.8, 4) is 0 Å². The lowest BCUT2D eigenvalue weighted by Gasteiger charge is -2.28. The summed E-state index contributed by atoms with van der Waals surface area (Å²) in [6, 6.07) is 8.20. The zero-order chi connectivity index (χ0) is 14.7. The SMILES string of the molecule is CN1CCC(CCNCc2[nH]c3ccccc3c2Cl)CC1. The Morgan fingerprint density at radius 2 is 2.05 bits per heavy atom. The van der Waals surface area contributed by atoms with Crippen LogP contribution in [0.1, 0.15) is 25.0 Å². The summed E-state index contributed by atoms with van der Waals surface area (Å²) < 4.78 is 0. The third-order valence-electron chi connectivity index (χ3n) is 4.58. The fraction of sp³-hybridized carbons (Fsp3) is 0.529. The van der Waals surface area contributed by atoms with Gasteiger partial charge >= 0.3 is 0 Å². The molecule has 0 unspecified atom stereocenters. The fourth-order valence-electron chi connectivity index (χ4n) is 3.16. The highest BCUT2D eigenvalue weighted by Crippen LogP contribution is 2.27. The van der Waals surface area contributed by atoms with E-state index < -0.39 is 0 Å². The zero-order valence-corrected chi connectivity index (χ0v) is 13.4. The normalized spacial score (nSPS) is 17.6. The van der Waals surface area contributed by atoms with E-state index in [9.17, 15) is 0 Å². The topological polar surface area (TPSA) is 31.1 Å². The van der Waals surface area contributed by atoms with Crippen LogP contribution in [0.3, 0.4) is 0 Å². The van der Waals surface area contributed by atoms with E-state index in [1.54, 1.807) is 0 Å². The van der Waals surface area contributed by atoms with E-state index in [2.05, 4.69) is 34.4 Å². The Kier molecular flexibility index (Phi) is 4.84. The molecule has 1 aliphatic rings. The second-order valence-corrected chi connectivity index (χ2v) is 6.55. The van der Waals surface area contributed by atoms with Crippen molar-refractivity contribution in [2.45, 2.75) is 25.8 Å². The lowest BCUT2D eigenvalue weighted by Crippen LogP contribution is -2.31. The van der Waals surface area contributed by atoms with Gasteiger partial charge < -0.3 is 15.2 Å². The Hall–Kier alpha value is -1.03. The summed E-state index contributed by atoms with van der Waals surface area (Å²) in [4.78, 5) is 5.83. The molecule has 2 aromatic rings. The van der Waals surface area contributed by atoms with Crippen LogP contribution in [0.25, 0.3) is 10.9 Å². The molecule has 4 heteroatoms. The van der Waals surface area contributed by atoms with Gasteiger partial charge in [0.15, 0.2) is 0 Å². The maximum absolute atomic E-state index is 6.42. The van der Waals surface area contributed by atoms with Crippen LogP contribution in [0, 0.1) is 5.92 Å². The van der Waals surface area contributed by atoms with Gasteiger partial charge in [-0.25, -0.2) is 0 Å². The summed E-state index contributed by atoms with van der Waals surface area (Å²) in [5.41, 5.74) is 2.22. The summed E-state index contributed by atoms with van der Waals surface area (Å²) in [7, 11) is 2.21. The summed E-state index contributed by atoms with van der Waals surface area (Å²) in [6.45, 7) is 4.39. The van der Waals surface area contributed by atoms with Gasteiger partial charge in [-0.15, -0.1) is 0 Å². The predicted molar refractivity (Wildman–Crippen MR) is 89.9 cm³/mol. The van der Waals surface area contributed by atoms with Gasteiger partial charge in [-0.3, -0.25) is 0 Å². The van der Waals surface area contributed by atoms with Gasteiger partial charge in [0.25, 0.3) is 0 Å². The maximum atomic E-state index is 6.42. The number of nitrogens with one attached hydrogen (secondary N) is 2. The molecule has 0 aliphatic carbocycles. The molecule has 2 heterocycles. The molecule has 1 aliphatic heterocycles. The Balaban J connectivity index is 1.47. The molecule has 1 saturated heterocycles. The number of nitrogens with zero attached hydrogens (tertiary/aromatic N) is 1. The standard InChI is InChI=1S/C17H24ClN3/c1-21-10-7-13(8-11-21)6-9-19-12-16-17(18)14-4-2-3-5-15(14)20-16/h2-5,13,19-20H,6-12H2,1H3. The molecule has 0 saturated carbocycles. The maximum Gasteiger partial charge on any atom is 0.0705 e. The lowest BCUT2D eigenvalue weighted by molar-refractivity contribution is 0.211. The van der Waals surface area contributed by atoms with Gasteiger partial charge in [-0.05, 0) is 57.9 Å². The van der Waals surface area contributed by atoms with Crippen molar-refractivity contribution in [3.63, 3.8) is 0 Å². The van der Waals surface area contributed by atoms with Crippen LogP contribution in [0.15, 0.2) is 24.3 Å². The third kappa shape index (κ3) is 3.60. The van der Waals surface area contributed by atoms with Crippen molar-refractivity contribution in [2.75, 3.05) is 26.7 Å². The quantitative estimate of drug-likeness (QED) is 0.826. The van der Waals surface area contributed by atoms with Crippen LogP contribution >= 0.6 is 11.6 Å². The lowest BCUT2D eigenvalue weighted by atomic mass is 9.94. The number of fused-ring (bicyclic) bond motifs is 1. The molecule has 2 N–H and O–H groups in total. The molecule has 0 amide bonds. The number of halogens is 1. The number of piperidine rings is 1. The number of aromatic nitrogens is 1. The predicted octanol–water partition coefficient (Wildman–Crippen LogP) is 3.64. The van der Waals surface area contributed by atoms with Gasteiger partial charge in [0.05, 0.1) is 5.02 Å². The van der Waals surface area contributed by atoms with Crippen molar-refractivity contribution in [3.05, 3.63) is 35.0 Å². The molecule has 0 atom stereocenters. The minimum atomic E-state index is 0.820. The molecule has 114 valence electrons. The number of benzene rings is 1. The third-order valence-corrected chi connectivity index (χ3v) is 5.02. The van der Waals surface area contributed by atoms with Crippen molar-refractivity contribution in [1.82, 2.24) is 15.2 Å². The molecule has 1 fully saturated rings. The van der Waals surface area contributed by atoms with Crippen LogP contribution in [-0.2, 0) is 6.54 Å². The number of likely N-dealkylation sites (tertiary alicyclic amines) is 1. The van der Waals surface area contributed by atoms with Crippen LogP contribution in [0.5, 0.6) is 0 Å². The second kappa shape index (κ2) is 6.82. The molecule has 0 spiro atoms. The van der Waals surface area contributed by atoms with E-state index >= 15 is 0 Å². The average molecular weight is 306 g/mol. The first-order chi connectivity index (χ1) is 10.2. The fourth-order valence-corrected chi connectivity index (χ4v) is 3.43. The molecule has 3 nitrogen and oxygen atoms in total. The number of hydrogen-bond donors (Lipinski definition) is 2. The zero-order valence-electron chi connectivity index (χ0n) is 12.7. The molecule has 3 rings (SSSR count). The Morgan fingerprint density at radius 3 is 2.81 bits per heavy atom. The van der Waals surface area contributed by atoms with E-state index in [-0.39, 0.29) is 0 Å². The number of H-pyrrole nitrogens is 1. The second-order valence-electron chi connectivity index (χ2n) is 6.18. The first-order valence-electron chi connectivity index (χ1n) is 7.88. The molecular formula is C17H24ClN3. The molecule has 21 heavy (non-hydrogen) atoms. The molecule has 0 bridgehead atoms. The highest BCUT2D eigenvalue weighted by atomic mass is 35.5. The first kappa shape index (κ1) is 14.9. The van der Waals surface area contributed by atoms with Crippen LogP contribution < -0.4 is 5.32 Å². The summed E-state index contributed by atoms with van der Waals surface area (Å²) in [6.07, 6.45) is 3.95. The first-order valence-corrected chi connectivity index (χ1v) is 8.26. The number of hydrogen-bond acceptors (Lipinski definition) is 2. The van der Waals surface area contributed by atoms with Crippen molar-refractivity contribution >= 4 is 22.5 Å². The average Bonchev–Trinajstić information content (AvgIpc) is 2.82. The van der Waals surface area contributed by atoms with Gasteiger partial charge in [0.1, 0.15) is 0 Å². The Labute approximate surface area is 131 Å². The highest BCUT2D eigenvalue weighted by molar-refractivity contribution is 6.36. The van der Waals surface area contributed by atoms with Crippen molar-refractivity contribution < 1.29 is 0 Å². The molecular weight excluding hydrogens is 282 g/mol. The number of para-hydroxylation sites is 1. The molecule has 1 aromatic heterocycles. The highest BCUT2D eigenvalue weighted by Gasteiger charge is 2.16. The summed E-state index contributed by atoms with van der Waals surface area (Å²) in [5.74, 6) is 0.881. The van der Waals surface area contributed by atoms with E-state index in [4.69, 9.17) is 11.6 Å². The van der Waals surface area contributed by atoms with E-state index in [1.165, 1.54) is 32.4 Å². The number of rotatable bonds is 5. The largest absolute Gasteiger partial charge is 0.356 e. The summed E-state index contributed by atoms with van der Waals surface area (Å²) >= 11 is 6.42. The van der Waals surface area contributed by atoms with E-state index in [0.717, 1.165) is 40.6 Å². The van der Waals surface area contributed by atoms with Crippen LogP contribution in [-0.4, -0.2) is 36.6 Å². The number of aromatic amines is 1. The van der Waals surface area contributed by atoms with E-state index in [0.29, 0.717) is 0 Å². The molecule has 1 aromatic carbocycles. The van der Waals surface area contributed by atoms with Gasteiger partial charge in [0.2, 0.25) is 0 Å². The molecule has 0 radical (unpaired) electrons. The monoisotopic (exact) mass is 305 g/mol.